The Morgan fingerprint density at radius 1 is 1.21 bits per heavy atom. The van der Waals surface area contributed by atoms with E-state index in [1.54, 1.807) is 6.20 Å². The van der Waals surface area contributed by atoms with Gasteiger partial charge in [-0.1, -0.05) is 12.8 Å². The van der Waals surface area contributed by atoms with Crippen molar-refractivity contribution in [1.29, 1.82) is 0 Å². The molecule has 34 heavy (non-hydrogen) atoms. The molecule has 6 rings (SSSR count). The molecule has 4 heterocycles. The molecule has 1 amide bonds. The van der Waals surface area contributed by atoms with Crippen molar-refractivity contribution in [2.75, 3.05) is 22.1 Å². The summed E-state index contributed by atoms with van der Waals surface area (Å²) in [6.45, 7) is 0.308. The summed E-state index contributed by atoms with van der Waals surface area (Å²) in [5, 5.41) is 26.7. The number of β-amino-alcohol motifs (C(OH)–C–C–N with tert-alkyl or cyclic N) is 1. The molecule has 3 aliphatic rings. The number of amides is 1. The lowest BCUT2D eigenvalue weighted by molar-refractivity contribution is -0.117. The van der Waals surface area contributed by atoms with Crippen LogP contribution >= 0.6 is 11.3 Å². The number of aliphatic hydroxyl groups is 1. The minimum atomic E-state index is -0.624. The van der Waals surface area contributed by atoms with Gasteiger partial charge in [-0.3, -0.25) is 9.89 Å². The Kier molecular flexibility index (Phi) is 5.66. The third-order valence-electron chi connectivity index (χ3n) is 7.06. The Balaban J connectivity index is 1.27. The van der Waals surface area contributed by atoms with Crippen LogP contribution in [-0.4, -0.2) is 54.9 Å². The lowest BCUT2D eigenvalue weighted by atomic mass is 10.0. The van der Waals surface area contributed by atoms with Crippen LogP contribution in [0.15, 0.2) is 17.6 Å². The fraction of sp³-hybridized carbons (Fsp3) is 0.522. The third-order valence-corrected chi connectivity index (χ3v) is 7.75. The van der Waals surface area contributed by atoms with E-state index in [2.05, 4.69) is 31.9 Å². The molecule has 0 spiro atoms. The largest absolute Gasteiger partial charge is 0.391 e. The van der Waals surface area contributed by atoms with Crippen molar-refractivity contribution in [3.63, 3.8) is 0 Å². The highest BCUT2D eigenvalue weighted by Crippen LogP contribution is 2.36. The van der Waals surface area contributed by atoms with Crippen molar-refractivity contribution in [3.05, 3.63) is 34.6 Å². The summed E-state index contributed by atoms with van der Waals surface area (Å²) in [6.07, 6.45) is 9.11. The van der Waals surface area contributed by atoms with Crippen molar-refractivity contribution in [3.8, 4) is 0 Å². The number of hydrogen-bond donors (Lipinski definition) is 4. The number of carbonyl (C=O) groups excluding carboxylic acids is 1. The van der Waals surface area contributed by atoms with Gasteiger partial charge in [0, 0.05) is 47.8 Å². The van der Waals surface area contributed by atoms with Crippen molar-refractivity contribution in [1.82, 2.24) is 25.1 Å². The number of H-pyrrole nitrogens is 1. The van der Waals surface area contributed by atoms with E-state index in [4.69, 9.17) is 9.97 Å². The topological polar surface area (TPSA) is 132 Å². The minimum Gasteiger partial charge on any atom is -0.391 e. The molecule has 1 saturated carbocycles. The minimum absolute atomic E-state index is 0.210. The summed E-state index contributed by atoms with van der Waals surface area (Å²) in [5.41, 5.74) is 3.28. The summed E-state index contributed by atoms with van der Waals surface area (Å²) in [4.78, 5) is 28.6. The second-order valence-corrected chi connectivity index (χ2v) is 10.2. The van der Waals surface area contributed by atoms with Crippen LogP contribution in [0, 0.1) is 0 Å². The van der Waals surface area contributed by atoms with Gasteiger partial charge in [-0.05, 0) is 32.1 Å². The molecule has 3 aromatic heterocycles. The van der Waals surface area contributed by atoms with E-state index in [0.717, 1.165) is 42.2 Å². The maximum absolute atomic E-state index is 13.0. The smallest absolute Gasteiger partial charge is 0.249 e. The first kappa shape index (κ1) is 21.5. The van der Waals surface area contributed by atoms with Gasteiger partial charge in [0.2, 0.25) is 11.9 Å². The van der Waals surface area contributed by atoms with Gasteiger partial charge in [0.05, 0.1) is 11.8 Å². The second kappa shape index (κ2) is 8.95. The van der Waals surface area contributed by atoms with E-state index < -0.39 is 12.1 Å². The van der Waals surface area contributed by atoms with Crippen LogP contribution in [0.1, 0.15) is 61.4 Å². The number of carbonyl (C=O) groups is 1. The lowest BCUT2D eigenvalue weighted by Crippen LogP contribution is -2.40. The zero-order valence-corrected chi connectivity index (χ0v) is 19.6. The molecular formula is C23H28N8O2S. The number of rotatable bonds is 6. The highest BCUT2D eigenvalue weighted by Gasteiger charge is 2.38. The first-order valence-corrected chi connectivity index (χ1v) is 12.9. The quantitative estimate of drug-likeness (QED) is 0.423. The molecule has 1 aliphatic heterocycles. The molecule has 10 nitrogen and oxygen atoms in total. The molecule has 2 aliphatic carbocycles. The molecular weight excluding hydrogens is 452 g/mol. The maximum Gasteiger partial charge on any atom is 0.249 e. The number of hydrogen-bond acceptors (Lipinski definition) is 9. The predicted octanol–water partition coefficient (Wildman–Crippen LogP) is 3.12. The van der Waals surface area contributed by atoms with E-state index in [-0.39, 0.29) is 5.91 Å². The monoisotopic (exact) mass is 480 g/mol. The number of anilines is 4. The van der Waals surface area contributed by atoms with Gasteiger partial charge >= 0.3 is 0 Å². The first-order chi connectivity index (χ1) is 16.6. The van der Waals surface area contributed by atoms with Crippen molar-refractivity contribution < 1.29 is 9.90 Å². The van der Waals surface area contributed by atoms with Crippen LogP contribution in [0.2, 0.25) is 0 Å². The first-order valence-electron chi connectivity index (χ1n) is 12.0. The van der Waals surface area contributed by atoms with E-state index >= 15 is 0 Å². The molecule has 0 aromatic carbocycles. The molecule has 3 aromatic rings. The number of aliphatic hydroxyl groups excluding tert-OH is 1. The molecule has 2 fully saturated rings. The van der Waals surface area contributed by atoms with Crippen LogP contribution in [-0.2, 0) is 17.6 Å². The fourth-order valence-electron chi connectivity index (χ4n) is 5.38. The highest BCUT2D eigenvalue weighted by molar-refractivity contribution is 7.13. The van der Waals surface area contributed by atoms with Crippen molar-refractivity contribution in [2.45, 2.75) is 69.4 Å². The molecule has 2 unspecified atom stereocenters. The summed E-state index contributed by atoms with van der Waals surface area (Å²) < 4.78 is 0. The molecule has 0 radical (unpaired) electrons. The van der Waals surface area contributed by atoms with Crippen LogP contribution in [0.3, 0.4) is 0 Å². The SMILES string of the molecule is O=C(Nc1nccs1)C1CC(O)CN1c1nc2c(c(Nc3cc(C4CCCC4)[nH]n3)n1)CCC2. The van der Waals surface area contributed by atoms with E-state index in [1.165, 1.54) is 42.7 Å². The fourth-order valence-corrected chi connectivity index (χ4v) is 5.91. The standard InChI is InChI=1S/C23H28N8O2S/c32-14-10-18(21(33)28-23-24-8-9-34-23)31(12-14)22-25-16-7-3-6-15(16)20(27-22)26-19-11-17(29-30-19)13-4-1-2-5-13/h8-9,11,13-14,18,32H,1-7,10,12H2,(H,24,28,33)(H2,25,26,27,29,30). The van der Waals surface area contributed by atoms with Gasteiger partial charge in [-0.15, -0.1) is 11.3 Å². The number of aryl methyl sites for hydroxylation is 1. The van der Waals surface area contributed by atoms with Crippen molar-refractivity contribution in [2.24, 2.45) is 0 Å². The number of aromatic nitrogens is 5. The highest BCUT2D eigenvalue weighted by atomic mass is 32.1. The van der Waals surface area contributed by atoms with Gasteiger partial charge < -0.3 is 20.6 Å². The number of aromatic amines is 1. The van der Waals surface area contributed by atoms with Crippen LogP contribution in [0.5, 0.6) is 0 Å². The number of nitrogens with zero attached hydrogens (tertiary/aromatic N) is 5. The molecule has 0 bridgehead atoms. The molecule has 11 heteroatoms. The summed E-state index contributed by atoms with van der Waals surface area (Å²) in [7, 11) is 0. The van der Waals surface area contributed by atoms with Crippen LogP contribution in [0.25, 0.3) is 0 Å². The average molecular weight is 481 g/mol. The number of thiazole rings is 1. The Hall–Kier alpha value is -3.05. The van der Waals surface area contributed by atoms with E-state index in [9.17, 15) is 9.90 Å². The molecule has 1 saturated heterocycles. The Morgan fingerprint density at radius 3 is 2.91 bits per heavy atom. The third kappa shape index (κ3) is 4.14. The van der Waals surface area contributed by atoms with Crippen molar-refractivity contribution >= 4 is 40.0 Å². The van der Waals surface area contributed by atoms with Crippen LogP contribution in [0.4, 0.5) is 22.7 Å². The molecule has 2 atom stereocenters. The van der Waals surface area contributed by atoms with Gasteiger partial charge in [0.25, 0.3) is 0 Å². The Labute approximate surface area is 201 Å². The summed E-state index contributed by atoms with van der Waals surface area (Å²) in [5.74, 6) is 2.30. The van der Waals surface area contributed by atoms with E-state index in [0.29, 0.717) is 30.0 Å². The lowest BCUT2D eigenvalue weighted by Gasteiger charge is -2.24. The normalized spacial score (nSPS) is 22.3. The summed E-state index contributed by atoms with van der Waals surface area (Å²) >= 11 is 1.36. The van der Waals surface area contributed by atoms with Gasteiger partial charge in [-0.2, -0.15) is 10.1 Å². The van der Waals surface area contributed by atoms with Gasteiger partial charge in [0.15, 0.2) is 10.9 Å². The Morgan fingerprint density at radius 2 is 2.09 bits per heavy atom. The Bertz CT molecular complexity index is 1170. The number of nitrogens with one attached hydrogen (secondary N) is 3. The van der Waals surface area contributed by atoms with E-state index in [1.807, 2.05) is 10.3 Å². The maximum atomic E-state index is 13.0. The van der Waals surface area contributed by atoms with Gasteiger partial charge in [-0.25, -0.2) is 9.97 Å². The predicted molar refractivity (Wildman–Crippen MR) is 130 cm³/mol. The van der Waals surface area contributed by atoms with Gasteiger partial charge in [0.1, 0.15) is 11.9 Å². The molecule has 4 N–H and O–H groups in total. The van der Waals surface area contributed by atoms with Crippen LogP contribution < -0.4 is 15.5 Å². The zero-order chi connectivity index (χ0) is 23.1. The average Bonchev–Trinajstić information content (AvgIpc) is 3.64. The number of fused-ring (bicyclic) bond motifs is 1. The zero-order valence-electron chi connectivity index (χ0n) is 18.8. The summed E-state index contributed by atoms with van der Waals surface area (Å²) in [6, 6.07) is 1.52. The molecule has 178 valence electrons. The second-order valence-electron chi connectivity index (χ2n) is 9.35.